The van der Waals surface area contributed by atoms with Crippen molar-refractivity contribution in [3.63, 3.8) is 0 Å². The van der Waals surface area contributed by atoms with Crippen molar-refractivity contribution in [3.8, 4) is 0 Å². The molecule has 0 aliphatic carbocycles. The number of carbonyl (C=O) groups is 3. The number of nitro groups is 1. The molecule has 3 N–H and O–H groups in total. The number of non-ortho nitro benzene ring substituents is 1. The molecule has 0 heterocycles. The van der Waals surface area contributed by atoms with Gasteiger partial charge in [-0.3, -0.25) is 24.5 Å². The van der Waals surface area contributed by atoms with E-state index in [2.05, 4.69) is 16.0 Å². The summed E-state index contributed by atoms with van der Waals surface area (Å²) in [6.45, 7) is 1.77. The predicted molar refractivity (Wildman–Crippen MR) is 185 cm³/mol. The van der Waals surface area contributed by atoms with Crippen molar-refractivity contribution >= 4 is 52.6 Å². The minimum absolute atomic E-state index is 0.0701. The number of aryl methyl sites for hydroxylation is 1. The third kappa shape index (κ3) is 8.80. The highest BCUT2D eigenvalue weighted by atomic mass is 32.2. The molecule has 0 saturated carbocycles. The second-order valence-electron chi connectivity index (χ2n) is 10.4. The lowest BCUT2D eigenvalue weighted by Gasteiger charge is -2.18. The van der Waals surface area contributed by atoms with E-state index in [4.69, 9.17) is 0 Å². The average Bonchev–Trinajstić information content (AvgIpc) is 3.09. The summed E-state index contributed by atoms with van der Waals surface area (Å²) in [5.41, 5.74) is 3.40. The molecule has 10 heteroatoms. The van der Waals surface area contributed by atoms with Crippen molar-refractivity contribution in [1.29, 1.82) is 0 Å². The van der Waals surface area contributed by atoms with Crippen molar-refractivity contribution in [2.45, 2.75) is 17.1 Å². The Kier molecular flexibility index (Phi) is 10.6. The predicted octanol–water partition coefficient (Wildman–Crippen LogP) is 7.78. The SMILES string of the molecule is Cc1ccc([N+](=O)[O-])cc1NC(=O)C(Sc1ccc(NC(=O)/C(=C/c2ccccc2)NC(=O)c2ccccc2)cc1)c1ccccc1. The van der Waals surface area contributed by atoms with E-state index in [0.29, 0.717) is 22.5 Å². The molecule has 0 bridgehead atoms. The first-order valence-corrected chi connectivity index (χ1v) is 15.5. The average molecular weight is 643 g/mol. The van der Waals surface area contributed by atoms with Gasteiger partial charge in [0.1, 0.15) is 10.9 Å². The highest BCUT2D eigenvalue weighted by molar-refractivity contribution is 8.00. The van der Waals surface area contributed by atoms with Crippen LogP contribution in [0.25, 0.3) is 6.08 Å². The van der Waals surface area contributed by atoms with Crippen LogP contribution in [-0.4, -0.2) is 22.6 Å². The molecule has 0 aromatic heterocycles. The highest BCUT2D eigenvalue weighted by Crippen LogP contribution is 2.37. The van der Waals surface area contributed by atoms with Crippen LogP contribution < -0.4 is 16.0 Å². The molecule has 5 rings (SSSR count). The van der Waals surface area contributed by atoms with Gasteiger partial charge in [-0.05, 0) is 66.1 Å². The van der Waals surface area contributed by atoms with Gasteiger partial charge in [0, 0.05) is 28.3 Å². The largest absolute Gasteiger partial charge is 0.324 e. The second-order valence-corrected chi connectivity index (χ2v) is 11.6. The maximum Gasteiger partial charge on any atom is 0.272 e. The van der Waals surface area contributed by atoms with Crippen molar-refractivity contribution in [2.24, 2.45) is 0 Å². The monoisotopic (exact) mass is 642 g/mol. The van der Waals surface area contributed by atoms with Crippen LogP contribution in [0.5, 0.6) is 0 Å². The third-order valence-electron chi connectivity index (χ3n) is 7.04. The summed E-state index contributed by atoms with van der Waals surface area (Å²) in [7, 11) is 0. The first-order chi connectivity index (χ1) is 22.8. The van der Waals surface area contributed by atoms with Gasteiger partial charge in [0.25, 0.3) is 17.5 Å². The summed E-state index contributed by atoms with van der Waals surface area (Å²) in [5, 5.41) is 19.1. The first kappa shape index (κ1) is 32.4. The van der Waals surface area contributed by atoms with E-state index in [-0.39, 0.29) is 17.3 Å². The third-order valence-corrected chi connectivity index (χ3v) is 8.30. The standard InChI is InChI=1S/C37H30N4O5S/c1-25-17-20-30(41(45)46)24-32(25)39-37(44)34(27-13-7-3-8-14-27)47-31-21-18-29(19-22-31)38-36(43)33(23-26-11-5-2-6-12-26)40-35(42)28-15-9-4-10-16-28/h2-24,34H,1H3,(H,38,43)(H,39,44)(H,40,42)/b33-23-. The minimum Gasteiger partial charge on any atom is -0.324 e. The molecule has 9 nitrogen and oxygen atoms in total. The lowest BCUT2D eigenvalue weighted by Crippen LogP contribution is -2.30. The maximum atomic E-state index is 13.6. The molecular weight excluding hydrogens is 612 g/mol. The lowest BCUT2D eigenvalue weighted by molar-refractivity contribution is -0.384. The highest BCUT2D eigenvalue weighted by Gasteiger charge is 2.24. The first-order valence-electron chi connectivity index (χ1n) is 14.6. The molecule has 0 fully saturated rings. The molecule has 0 saturated heterocycles. The number of nitro benzene ring substituents is 1. The smallest absolute Gasteiger partial charge is 0.272 e. The topological polar surface area (TPSA) is 130 Å². The number of thioether (sulfide) groups is 1. The van der Waals surface area contributed by atoms with E-state index in [9.17, 15) is 24.5 Å². The molecule has 234 valence electrons. The Hall–Kier alpha value is -6.00. The fraction of sp³-hybridized carbons (Fsp3) is 0.0541. The Bertz CT molecular complexity index is 1920. The van der Waals surface area contributed by atoms with Crippen molar-refractivity contribution in [2.75, 3.05) is 10.6 Å². The van der Waals surface area contributed by atoms with Crippen LogP contribution >= 0.6 is 11.8 Å². The van der Waals surface area contributed by atoms with Crippen LogP contribution in [0.3, 0.4) is 0 Å². The summed E-state index contributed by atoms with van der Waals surface area (Å²) in [6.07, 6.45) is 1.60. The van der Waals surface area contributed by atoms with E-state index in [1.807, 2.05) is 60.7 Å². The summed E-state index contributed by atoms with van der Waals surface area (Å²) in [5.74, 6) is -1.26. The zero-order chi connectivity index (χ0) is 33.2. The fourth-order valence-corrected chi connectivity index (χ4v) is 5.59. The van der Waals surface area contributed by atoms with Crippen LogP contribution in [0, 0.1) is 17.0 Å². The summed E-state index contributed by atoms with van der Waals surface area (Å²) in [6, 6.07) is 38.4. The van der Waals surface area contributed by atoms with Gasteiger partial charge < -0.3 is 16.0 Å². The van der Waals surface area contributed by atoms with Crippen LogP contribution in [0.2, 0.25) is 0 Å². The Morgan fingerprint density at radius 2 is 1.38 bits per heavy atom. The van der Waals surface area contributed by atoms with Crippen molar-refractivity contribution < 1.29 is 19.3 Å². The number of carbonyl (C=O) groups excluding carboxylic acids is 3. The zero-order valence-electron chi connectivity index (χ0n) is 25.3. The van der Waals surface area contributed by atoms with Gasteiger partial charge >= 0.3 is 0 Å². The van der Waals surface area contributed by atoms with Crippen LogP contribution in [0.4, 0.5) is 17.1 Å². The molecule has 0 aliphatic rings. The molecular formula is C37H30N4O5S. The summed E-state index contributed by atoms with van der Waals surface area (Å²) in [4.78, 5) is 51.4. The molecule has 5 aromatic carbocycles. The van der Waals surface area contributed by atoms with Crippen LogP contribution in [0.15, 0.2) is 144 Å². The Morgan fingerprint density at radius 1 is 0.766 bits per heavy atom. The molecule has 1 unspecified atom stereocenters. The van der Waals surface area contributed by atoms with Crippen LogP contribution in [0.1, 0.15) is 32.3 Å². The number of benzene rings is 5. The van der Waals surface area contributed by atoms with Gasteiger partial charge in [-0.25, -0.2) is 0 Å². The van der Waals surface area contributed by atoms with E-state index < -0.39 is 22.0 Å². The fourth-order valence-electron chi connectivity index (χ4n) is 4.57. The molecule has 0 spiro atoms. The molecule has 47 heavy (non-hydrogen) atoms. The van der Waals surface area contributed by atoms with Gasteiger partial charge in [-0.1, -0.05) is 84.9 Å². The summed E-state index contributed by atoms with van der Waals surface area (Å²) < 4.78 is 0. The minimum atomic E-state index is -0.677. The van der Waals surface area contributed by atoms with Gasteiger partial charge in [-0.15, -0.1) is 11.8 Å². The molecule has 0 aliphatic heterocycles. The number of hydrogen-bond acceptors (Lipinski definition) is 6. The summed E-state index contributed by atoms with van der Waals surface area (Å²) >= 11 is 1.30. The van der Waals surface area contributed by atoms with E-state index in [0.717, 1.165) is 16.0 Å². The number of nitrogens with zero attached hydrogens (tertiary/aromatic N) is 1. The van der Waals surface area contributed by atoms with Gasteiger partial charge in [0.15, 0.2) is 0 Å². The number of hydrogen-bond donors (Lipinski definition) is 3. The molecule has 5 aromatic rings. The van der Waals surface area contributed by atoms with Gasteiger partial charge in [0.05, 0.1) is 10.6 Å². The van der Waals surface area contributed by atoms with E-state index in [1.165, 1.54) is 23.9 Å². The van der Waals surface area contributed by atoms with E-state index >= 15 is 0 Å². The van der Waals surface area contributed by atoms with Crippen molar-refractivity contribution in [1.82, 2.24) is 5.32 Å². The Labute approximate surface area is 275 Å². The second kappa shape index (κ2) is 15.3. The van der Waals surface area contributed by atoms with Crippen LogP contribution in [-0.2, 0) is 9.59 Å². The number of nitrogens with one attached hydrogen (secondary N) is 3. The Morgan fingerprint density at radius 3 is 2.02 bits per heavy atom. The number of amides is 3. The molecule has 0 radical (unpaired) electrons. The molecule has 1 atom stereocenters. The van der Waals surface area contributed by atoms with Gasteiger partial charge in [-0.2, -0.15) is 0 Å². The molecule has 3 amide bonds. The number of anilines is 2. The van der Waals surface area contributed by atoms with Gasteiger partial charge in [0.2, 0.25) is 5.91 Å². The number of rotatable bonds is 11. The zero-order valence-corrected chi connectivity index (χ0v) is 26.1. The van der Waals surface area contributed by atoms with E-state index in [1.54, 1.807) is 73.7 Å². The Balaban J connectivity index is 1.33. The maximum absolute atomic E-state index is 13.6. The quantitative estimate of drug-likeness (QED) is 0.0584. The normalized spacial score (nSPS) is 11.6. The lowest BCUT2D eigenvalue weighted by atomic mass is 10.1. The van der Waals surface area contributed by atoms with Crippen molar-refractivity contribution in [3.05, 3.63) is 172 Å².